The fourth-order valence-corrected chi connectivity index (χ4v) is 3.39. The Balaban J connectivity index is 1.43. The largest absolute Gasteiger partial charge is 0.493 e. The van der Waals surface area contributed by atoms with E-state index in [9.17, 15) is 18.0 Å². The molecule has 1 saturated carbocycles. The Kier molecular flexibility index (Phi) is 7.11. The van der Waals surface area contributed by atoms with Crippen LogP contribution in [0.2, 0.25) is 0 Å². The first kappa shape index (κ1) is 26.4. The number of benzene rings is 1. The van der Waals surface area contributed by atoms with E-state index in [2.05, 4.69) is 15.3 Å². The first-order valence-corrected chi connectivity index (χ1v) is 11.6. The maximum absolute atomic E-state index is 14.8. The molecule has 2 heterocycles. The number of alkyl carbamates (subject to hydrolysis) is 1. The highest BCUT2D eigenvalue weighted by Crippen LogP contribution is 2.49. The molecule has 2 aromatic heterocycles. The van der Waals surface area contributed by atoms with Crippen LogP contribution < -0.4 is 19.5 Å². The monoisotopic (exact) mass is 523 g/mol. The van der Waals surface area contributed by atoms with Gasteiger partial charge in [0.15, 0.2) is 22.9 Å². The van der Waals surface area contributed by atoms with Gasteiger partial charge in [-0.05, 0) is 39.8 Å². The van der Waals surface area contributed by atoms with Crippen LogP contribution in [0, 0.1) is 11.7 Å². The molecule has 1 aliphatic carbocycles. The second-order valence-electron chi connectivity index (χ2n) is 9.83. The van der Waals surface area contributed by atoms with Crippen LogP contribution in [-0.4, -0.2) is 54.0 Å². The summed E-state index contributed by atoms with van der Waals surface area (Å²) in [5.41, 5.74) is 0.379. The van der Waals surface area contributed by atoms with E-state index in [-0.39, 0.29) is 54.5 Å². The summed E-state index contributed by atoms with van der Waals surface area (Å²) in [5, 5.41) is 2.67. The molecule has 4 rings (SSSR count). The van der Waals surface area contributed by atoms with Crippen molar-refractivity contribution in [2.24, 2.45) is 5.92 Å². The highest BCUT2D eigenvalue weighted by molar-refractivity contribution is 5.76. The Morgan fingerprint density at radius 1 is 1.27 bits per heavy atom. The molecule has 2 atom stereocenters. The normalized spacial score (nSPS) is 17.2. The number of hydrogen-bond acceptors (Lipinski definition) is 8. The van der Waals surface area contributed by atoms with E-state index < -0.39 is 29.4 Å². The molecule has 0 unspecified atom stereocenters. The van der Waals surface area contributed by atoms with E-state index >= 15 is 0 Å². The summed E-state index contributed by atoms with van der Waals surface area (Å²) in [7, 11) is 1.31. The van der Waals surface area contributed by atoms with Gasteiger partial charge < -0.3 is 28.7 Å². The van der Waals surface area contributed by atoms with Crippen LogP contribution in [0.15, 0.2) is 28.8 Å². The second kappa shape index (κ2) is 9.98. The van der Waals surface area contributed by atoms with Gasteiger partial charge in [0.1, 0.15) is 17.7 Å². The average molecular weight is 524 g/mol. The summed E-state index contributed by atoms with van der Waals surface area (Å²) in [4.78, 5) is 20.4. The van der Waals surface area contributed by atoms with Gasteiger partial charge in [0.05, 0.1) is 31.9 Å². The van der Waals surface area contributed by atoms with Gasteiger partial charge in [-0.1, -0.05) is 0 Å². The second-order valence-corrected chi connectivity index (χ2v) is 9.83. The van der Waals surface area contributed by atoms with E-state index in [1.165, 1.54) is 25.4 Å². The van der Waals surface area contributed by atoms with Crippen LogP contribution in [0.25, 0.3) is 22.6 Å². The van der Waals surface area contributed by atoms with Crippen molar-refractivity contribution in [1.29, 1.82) is 0 Å². The summed E-state index contributed by atoms with van der Waals surface area (Å²) in [6.07, 6.45) is 0.595. The third-order valence-electron chi connectivity index (χ3n) is 5.36. The molecule has 1 N–H and O–H groups in total. The van der Waals surface area contributed by atoms with Crippen LogP contribution in [-0.2, 0) is 4.74 Å². The Bertz CT molecular complexity index is 1290. The lowest BCUT2D eigenvalue weighted by Crippen LogP contribution is -2.40. The molecule has 0 aliphatic heterocycles. The van der Waals surface area contributed by atoms with Crippen molar-refractivity contribution >= 4 is 17.2 Å². The third kappa shape index (κ3) is 6.55. The Morgan fingerprint density at radius 3 is 2.65 bits per heavy atom. The van der Waals surface area contributed by atoms with E-state index in [1.807, 2.05) is 0 Å². The van der Waals surface area contributed by atoms with E-state index in [1.54, 1.807) is 27.7 Å². The summed E-state index contributed by atoms with van der Waals surface area (Å²) in [6.45, 7) is 6.86. The van der Waals surface area contributed by atoms with Crippen LogP contribution in [0.4, 0.5) is 18.0 Å². The van der Waals surface area contributed by atoms with Crippen LogP contribution in [0.1, 0.15) is 34.1 Å². The first-order valence-electron chi connectivity index (χ1n) is 11.6. The van der Waals surface area contributed by atoms with Crippen molar-refractivity contribution in [3.05, 3.63) is 30.2 Å². The standard InChI is InChI=1S/C25H28F3N3O6/c1-13(30-23(32)37-24(2,3)4)11-34-20-8-18-17(10-29-20)31-22(36-18)14-6-16(26)21(19(7-14)33-5)35-12-15-9-25(15,27)28/h6-8,10,13,15H,9,11-12H2,1-5H3,(H,30,32)/t13-,15+/m0/s1. The quantitative estimate of drug-likeness (QED) is 0.400. The maximum atomic E-state index is 14.8. The number of alkyl halides is 2. The highest BCUT2D eigenvalue weighted by Gasteiger charge is 2.57. The van der Waals surface area contributed by atoms with Crippen LogP contribution in [0.3, 0.4) is 0 Å². The Morgan fingerprint density at radius 2 is 2.00 bits per heavy atom. The van der Waals surface area contributed by atoms with Crippen molar-refractivity contribution in [1.82, 2.24) is 15.3 Å². The van der Waals surface area contributed by atoms with Crippen molar-refractivity contribution in [3.8, 4) is 28.8 Å². The molecule has 12 heteroatoms. The number of aromatic nitrogens is 2. The van der Waals surface area contributed by atoms with Gasteiger partial charge in [0.25, 0.3) is 5.92 Å². The number of oxazole rings is 1. The molecular formula is C25H28F3N3O6. The van der Waals surface area contributed by atoms with Crippen LogP contribution >= 0.6 is 0 Å². The van der Waals surface area contributed by atoms with E-state index in [0.717, 1.165) is 6.07 Å². The molecule has 0 radical (unpaired) electrons. The van der Waals surface area contributed by atoms with Gasteiger partial charge in [-0.2, -0.15) is 0 Å². The third-order valence-corrected chi connectivity index (χ3v) is 5.36. The molecular weight excluding hydrogens is 495 g/mol. The smallest absolute Gasteiger partial charge is 0.407 e. The Hall–Kier alpha value is -3.70. The number of amides is 1. The zero-order valence-corrected chi connectivity index (χ0v) is 21.1. The maximum Gasteiger partial charge on any atom is 0.407 e. The fraction of sp³-hybridized carbons (Fsp3) is 0.480. The molecule has 0 saturated heterocycles. The molecule has 9 nitrogen and oxygen atoms in total. The predicted molar refractivity (Wildman–Crippen MR) is 127 cm³/mol. The molecule has 1 aliphatic rings. The number of fused-ring (bicyclic) bond motifs is 1. The lowest BCUT2D eigenvalue weighted by atomic mass is 10.2. The van der Waals surface area contributed by atoms with E-state index in [4.69, 9.17) is 23.4 Å². The lowest BCUT2D eigenvalue weighted by Gasteiger charge is -2.21. The number of hydrogen-bond donors (Lipinski definition) is 1. The first-order chi connectivity index (χ1) is 17.3. The molecule has 1 fully saturated rings. The number of carbonyl (C=O) groups excluding carboxylic acids is 1. The van der Waals surface area contributed by atoms with Gasteiger partial charge in [-0.25, -0.2) is 27.9 Å². The van der Waals surface area contributed by atoms with Crippen molar-refractivity contribution in [2.45, 2.75) is 51.7 Å². The van der Waals surface area contributed by atoms with Gasteiger partial charge in [0, 0.05) is 18.1 Å². The zero-order valence-electron chi connectivity index (χ0n) is 21.1. The number of ether oxygens (including phenoxy) is 4. The molecule has 0 bridgehead atoms. The number of pyridine rings is 1. The minimum absolute atomic E-state index is 0.0230. The molecule has 1 aromatic carbocycles. The van der Waals surface area contributed by atoms with Crippen LogP contribution in [0.5, 0.6) is 17.4 Å². The summed E-state index contributed by atoms with van der Waals surface area (Å²) in [6, 6.07) is 3.73. The minimum Gasteiger partial charge on any atom is -0.493 e. The molecule has 0 spiro atoms. The van der Waals surface area contributed by atoms with Crippen molar-refractivity contribution in [3.63, 3.8) is 0 Å². The lowest BCUT2D eigenvalue weighted by molar-refractivity contribution is 0.0493. The number of nitrogens with one attached hydrogen (secondary N) is 1. The number of nitrogens with zero attached hydrogens (tertiary/aromatic N) is 2. The summed E-state index contributed by atoms with van der Waals surface area (Å²) < 4.78 is 68.2. The van der Waals surface area contributed by atoms with Gasteiger partial charge in [-0.15, -0.1) is 0 Å². The Labute approximate surface area is 211 Å². The fourth-order valence-electron chi connectivity index (χ4n) is 3.39. The van der Waals surface area contributed by atoms with Gasteiger partial charge >= 0.3 is 6.09 Å². The number of halogens is 3. The SMILES string of the molecule is COc1cc(-c2nc3cnc(OC[C@H](C)NC(=O)OC(C)(C)C)cc3o2)cc(F)c1OC[C@H]1CC1(F)F. The predicted octanol–water partition coefficient (Wildman–Crippen LogP) is 5.36. The van der Waals surface area contributed by atoms with Crippen molar-refractivity contribution in [2.75, 3.05) is 20.3 Å². The average Bonchev–Trinajstić information content (AvgIpc) is 3.21. The number of methoxy groups -OCH3 is 1. The molecule has 3 aromatic rings. The van der Waals surface area contributed by atoms with Gasteiger partial charge in [-0.3, -0.25) is 0 Å². The summed E-state index contributed by atoms with van der Waals surface area (Å²) >= 11 is 0. The van der Waals surface area contributed by atoms with Crippen molar-refractivity contribution < 1.29 is 41.3 Å². The number of carbonyl (C=O) groups is 1. The topological polar surface area (TPSA) is 105 Å². The summed E-state index contributed by atoms with van der Waals surface area (Å²) in [5.74, 6) is -4.41. The highest BCUT2D eigenvalue weighted by atomic mass is 19.3. The molecule has 37 heavy (non-hydrogen) atoms. The molecule has 200 valence electrons. The van der Waals surface area contributed by atoms with E-state index in [0.29, 0.717) is 11.1 Å². The zero-order chi connectivity index (χ0) is 27.0. The number of rotatable bonds is 9. The van der Waals surface area contributed by atoms with Gasteiger partial charge in [0.2, 0.25) is 11.8 Å². The molecule has 1 amide bonds. The minimum atomic E-state index is -2.77.